The first-order valence-corrected chi connectivity index (χ1v) is 8.97. The maximum absolute atomic E-state index is 12.5. The number of benzene rings is 2. The monoisotopic (exact) mass is 492 g/mol. The highest BCUT2D eigenvalue weighted by Crippen LogP contribution is 2.33. The molecule has 1 heterocycles. The topological polar surface area (TPSA) is 42.0 Å². The van der Waals surface area contributed by atoms with Crippen molar-refractivity contribution in [3.63, 3.8) is 0 Å². The molecule has 3 aromatic rings. The highest BCUT2D eigenvalue weighted by atomic mass is 127. The number of aromatic nitrogens is 1. The first kappa shape index (κ1) is 15.2. The molecule has 0 aliphatic carbocycles. The van der Waals surface area contributed by atoms with Gasteiger partial charge >= 0.3 is 0 Å². The van der Waals surface area contributed by atoms with Crippen LogP contribution in [0, 0.1) is 3.57 Å². The van der Waals surface area contributed by atoms with Gasteiger partial charge in [-0.05, 0) is 68.9 Å². The highest BCUT2D eigenvalue weighted by molar-refractivity contribution is 14.1. The van der Waals surface area contributed by atoms with Crippen LogP contribution in [0.4, 0.5) is 5.69 Å². The van der Waals surface area contributed by atoms with Crippen LogP contribution in [0.5, 0.6) is 0 Å². The maximum atomic E-state index is 12.5. The number of rotatable bonds is 2. The summed E-state index contributed by atoms with van der Waals surface area (Å²) >= 11 is 13.3. The normalized spacial score (nSPS) is 10.8. The lowest BCUT2D eigenvalue weighted by molar-refractivity contribution is 0.102. The molecule has 0 spiro atoms. The molecule has 1 amide bonds. The van der Waals surface area contributed by atoms with E-state index >= 15 is 0 Å². The second kappa shape index (κ2) is 6.20. The Bertz CT molecular complexity index is 852. The number of nitrogens with zero attached hydrogens (tertiary/aromatic N) is 1. The second-order valence-electron chi connectivity index (χ2n) is 4.20. The van der Waals surface area contributed by atoms with Crippen LogP contribution in [0.3, 0.4) is 0 Å². The van der Waals surface area contributed by atoms with Crippen LogP contribution in [-0.2, 0) is 0 Å². The third kappa shape index (κ3) is 3.08. The van der Waals surface area contributed by atoms with E-state index in [4.69, 9.17) is 11.6 Å². The fourth-order valence-electron chi connectivity index (χ4n) is 1.88. The third-order valence-corrected chi connectivity index (χ3v) is 5.33. The summed E-state index contributed by atoms with van der Waals surface area (Å²) in [7, 11) is 0. The molecule has 0 radical (unpaired) electrons. The number of halogens is 3. The van der Waals surface area contributed by atoms with E-state index in [0.29, 0.717) is 21.8 Å². The summed E-state index contributed by atoms with van der Waals surface area (Å²) in [5, 5.41) is 3.34. The molecule has 7 heteroatoms. The molecule has 0 fully saturated rings. The molecule has 2 aromatic carbocycles. The summed E-state index contributed by atoms with van der Waals surface area (Å²) < 4.78 is 2.71. The van der Waals surface area contributed by atoms with Crippen LogP contribution in [0.15, 0.2) is 40.3 Å². The molecule has 0 saturated heterocycles. The van der Waals surface area contributed by atoms with Crippen molar-refractivity contribution in [3.8, 4) is 0 Å². The Labute approximate surface area is 152 Å². The lowest BCUT2D eigenvalue weighted by atomic mass is 10.2. The summed E-state index contributed by atoms with van der Waals surface area (Å²) in [5.41, 5.74) is 3.55. The minimum atomic E-state index is -0.220. The van der Waals surface area contributed by atoms with Crippen molar-refractivity contribution in [1.29, 1.82) is 0 Å². The highest BCUT2D eigenvalue weighted by Gasteiger charge is 2.15. The van der Waals surface area contributed by atoms with Crippen molar-refractivity contribution < 1.29 is 4.79 Å². The number of carbonyl (C=O) groups is 1. The van der Waals surface area contributed by atoms with Gasteiger partial charge in [0.05, 0.1) is 26.5 Å². The average Bonchev–Trinajstić information content (AvgIpc) is 2.93. The molecule has 0 atom stereocenters. The molecule has 3 rings (SSSR count). The number of nitrogens with one attached hydrogen (secondary N) is 1. The second-order valence-corrected chi connectivity index (χ2v) is 7.59. The summed E-state index contributed by atoms with van der Waals surface area (Å²) in [6, 6.07) is 9.25. The lowest BCUT2D eigenvalue weighted by Crippen LogP contribution is -2.13. The van der Waals surface area contributed by atoms with Crippen molar-refractivity contribution >= 4 is 83.3 Å². The Hall–Kier alpha value is -0.700. The van der Waals surface area contributed by atoms with E-state index in [0.717, 1.165) is 12.7 Å². The van der Waals surface area contributed by atoms with Crippen LogP contribution < -0.4 is 5.32 Å². The number of fused-ring (bicyclic) bond motifs is 1. The molecule has 3 nitrogen and oxygen atoms in total. The molecule has 1 aromatic heterocycles. The van der Waals surface area contributed by atoms with Gasteiger partial charge in [0.25, 0.3) is 5.91 Å². The fourth-order valence-corrected chi connectivity index (χ4v) is 3.68. The minimum Gasteiger partial charge on any atom is -0.319 e. The first-order chi connectivity index (χ1) is 10.1. The zero-order chi connectivity index (χ0) is 15.0. The summed E-state index contributed by atoms with van der Waals surface area (Å²) in [6.45, 7) is 0. The van der Waals surface area contributed by atoms with E-state index in [2.05, 4.69) is 48.8 Å². The number of carbonyl (C=O) groups excluding carboxylic acids is 1. The quantitative estimate of drug-likeness (QED) is 0.475. The minimum absolute atomic E-state index is 0.220. The van der Waals surface area contributed by atoms with E-state index in [9.17, 15) is 4.79 Å². The van der Waals surface area contributed by atoms with Crippen LogP contribution in [0.1, 0.15) is 10.4 Å². The van der Waals surface area contributed by atoms with Gasteiger partial charge in [0.1, 0.15) is 5.52 Å². The largest absolute Gasteiger partial charge is 0.319 e. The number of hydrogen-bond donors (Lipinski definition) is 1. The number of hydrogen-bond acceptors (Lipinski definition) is 3. The molecule has 1 N–H and O–H groups in total. The van der Waals surface area contributed by atoms with Crippen molar-refractivity contribution in [2.45, 2.75) is 0 Å². The van der Waals surface area contributed by atoms with Gasteiger partial charge in [0, 0.05) is 8.04 Å². The predicted molar refractivity (Wildman–Crippen MR) is 99.4 cm³/mol. The van der Waals surface area contributed by atoms with E-state index in [1.54, 1.807) is 11.6 Å². The summed E-state index contributed by atoms with van der Waals surface area (Å²) in [5.74, 6) is -0.220. The van der Waals surface area contributed by atoms with Gasteiger partial charge < -0.3 is 5.32 Å². The van der Waals surface area contributed by atoms with E-state index in [1.165, 1.54) is 11.3 Å². The summed E-state index contributed by atoms with van der Waals surface area (Å²) in [6.07, 6.45) is 0. The molecule has 0 aliphatic heterocycles. The molecule has 0 aliphatic rings. The van der Waals surface area contributed by atoms with Gasteiger partial charge in [-0.25, -0.2) is 4.98 Å². The Morgan fingerprint density at radius 3 is 2.95 bits per heavy atom. The average molecular weight is 494 g/mol. The van der Waals surface area contributed by atoms with Gasteiger partial charge in [0.15, 0.2) is 0 Å². The van der Waals surface area contributed by atoms with E-state index in [-0.39, 0.29) is 5.91 Å². The summed E-state index contributed by atoms with van der Waals surface area (Å²) in [4.78, 5) is 16.7. The third-order valence-electron chi connectivity index (χ3n) is 2.86. The predicted octanol–water partition coefficient (Wildman–Crippen LogP) is 5.57. The van der Waals surface area contributed by atoms with Crippen molar-refractivity contribution in [2.75, 3.05) is 5.32 Å². The van der Waals surface area contributed by atoms with Crippen LogP contribution in [0.25, 0.3) is 10.2 Å². The zero-order valence-corrected chi connectivity index (χ0v) is 15.7. The molecular weight excluding hydrogens is 486 g/mol. The molecule has 106 valence electrons. The Morgan fingerprint density at radius 1 is 1.33 bits per heavy atom. The number of anilines is 1. The van der Waals surface area contributed by atoms with Gasteiger partial charge in [-0.2, -0.15) is 0 Å². The molecule has 0 unspecified atom stereocenters. The molecule has 0 saturated carbocycles. The molecular formula is C14H7BrClIN2OS. The maximum Gasteiger partial charge on any atom is 0.256 e. The fraction of sp³-hybridized carbons (Fsp3) is 0. The van der Waals surface area contributed by atoms with Gasteiger partial charge in [-0.3, -0.25) is 4.79 Å². The van der Waals surface area contributed by atoms with E-state index < -0.39 is 0 Å². The number of thiazole rings is 1. The Morgan fingerprint density at radius 2 is 2.14 bits per heavy atom. The van der Waals surface area contributed by atoms with Crippen LogP contribution in [-0.4, -0.2) is 10.9 Å². The number of amides is 1. The van der Waals surface area contributed by atoms with Crippen molar-refractivity contribution in [1.82, 2.24) is 4.98 Å². The standard InChI is InChI=1S/C14H7BrClIN2OS/c15-9-2-1-7(17)5-8(9)14(20)19-12-10(16)3-4-11-13(12)18-6-21-11/h1-6H,(H,19,20). The molecule has 21 heavy (non-hydrogen) atoms. The van der Waals surface area contributed by atoms with Gasteiger partial charge in [0.2, 0.25) is 0 Å². The first-order valence-electron chi connectivity index (χ1n) is 5.84. The van der Waals surface area contributed by atoms with Crippen molar-refractivity contribution in [3.05, 3.63) is 54.5 Å². The van der Waals surface area contributed by atoms with Gasteiger partial charge in [-0.15, -0.1) is 11.3 Å². The van der Waals surface area contributed by atoms with Crippen molar-refractivity contribution in [2.24, 2.45) is 0 Å². The Balaban J connectivity index is 2.02. The van der Waals surface area contributed by atoms with E-state index in [1.807, 2.05) is 24.3 Å². The smallest absolute Gasteiger partial charge is 0.256 e. The molecule has 0 bridgehead atoms. The Kier molecular flexibility index (Phi) is 4.49. The zero-order valence-electron chi connectivity index (χ0n) is 10.4. The SMILES string of the molecule is O=C(Nc1c(Cl)ccc2scnc12)c1cc(I)ccc1Br. The lowest BCUT2D eigenvalue weighted by Gasteiger charge is -2.09. The van der Waals surface area contributed by atoms with Crippen LogP contribution in [0.2, 0.25) is 5.02 Å². The van der Waals surface area contributed by atoms with Gasteiger partial charge in [-0.1, -0.05) is 11.6 Å². The van der Waals surface area contributed by atoms with Crippen LogP contribution >= 0.6 is 61.5 Å².